The van der Waals surface area contributed by atoms with Crippen molar-refractivity contribution in [1.82, 2.24) is 10.3 Å². The molecule has 0 saturated heterocycles. The molecule has 2 nitrogen and oxygen atoms in total. The maximum absolute atomic E-state index is 12.9. The maximum atomic E-state index is 12.9. The van der Waals surface area contributed by atoms with Gasteiger partial charge < -0.3 is 5.32 Å². The van der Waals surface area contributed by atoms with Gasteiger partial charge in [-0.25, -0.2) is 9.37 Å². The molecule has 0 spiro atoms. The van der Waals surface area contributed by atoms with Crippen LogP contribution in [0.25, 0.3) is 10.6 Å². The van der Waals surface area contributed by atoms with Crippen LogP contribution in [0.5, 0.6) is 0 Å². The van der Waals surface area contributed by atoms with Gasteiger partial charge in [-0.2, -0.15) is 0 Å². The number of halogens is 1. The van der Waals surface area contributed by atoms with E-state index in [-0.39, 0.29) is 5.82 Å². The van der Waals surface area contributed by atoms with Crippen LogP contribution in [0.3, 0.4) is 0 Å². The Morgan fingerprint density at radius 2 is 2.05 bits per heavy atom. The molecule has 1 fully saturated rings. The number of thiazole rings is 1. The van der Waals surface area contributed by atoms with Crippen LogP contribution in [0.15, 0.2) is 29.6 Å². The number of hydrogen-bond donors (Lipinski definition) is 1. The molecular formula is C15H17FN2S. The van der Waals surface area contributed by atoms with E-state index in [1.807, 2.05) is 0 Å². The molecule has 1 aliphatic rings. The van der Waals surface area contributed by atoms with E-state index in [4.69, 9.17) is 0 Å². The van der Waals surface area contributed by atoms with Gasteiger partial charge >= 0.3 is 0 Å². The first-order valence-corrected chi connectivity index (χ1v) is 7.60. The Morgan fingerprint density at radius 3 is 2.79 bits per heavy atom. The largest absolute Gasteiger partial charge is 0.311 e. The first kappa shape index (κ1) is 12.8. The average Bonchev–Trinajstić information content (AvgIpc) is 3.13. The summed E-state index contributed by atoms with van der Waals surface area (Å²) < 4.78 is 12.9. The zero-order chi connectivity index (χ0) is 13.1. The third-order valence-electron chi connectivity index (χ3n) is 3.38. The van der Waals surface area contributed by atoms with Gasteiger partial charge in [0.25, 0.3) is 0 Å². The Kier molecular flexibility index (Phi) is 3.89. The summed E-state index contributed by atoms with van der Waals surface area (Å²) in [5, 5.41) is 6.46. The Morgan fingerprint density at radius 1 is 1.26 bits per heavy atom. The van der Waals surface area contributed by atoms with Crippen molar-refractivity contribution in [3.05, 3.63) is 41.2 Å². The number of nitrogens with zero attached hydrogens (tertiary/aromatic N) is 1. The summed E-state index contributed by atoms with van der Waals surface area (Å²) in [6, 6.07) is 6.51. The van der Waals surface area contributed by atoms with Crippen molar-refractivity contribution in [3.63, 3.8) is 0 Å². The number of nitrogens with one attached hydrogen (secondary N) is 1. The quantitative estimate of drug-likeness (QED) is 0.811. The normalized spacial score (nSPS) is 14.8. The molecule has 1 heterocycles. The van der Waals surface area contributed by atoms with Crippen LogP contribution >= 0.6 is 11.3 Å². The predicted octanol–water partition coefficient (Wildman–Crippen LogP) is 3.84. The monoisotopic (exact) mass is 276 g/mol. The highest BCUT2D eigenvalue weighted by molar-refractivity contribution is 7.13. The van der Waals surface area contributed by atoms with E-state index >= 15 is 0 Å². The van der Waals surface area contributed by atoms with Gasteiger partial charge in [0.2, 0.25) is 0 Å². The summed E-state index contributed by atoms with van der Waals surface area (Å²) in [6.07, 6.45) is 4.11. The minimum absolute atomic E-state index is 0.206. The lowest BCUT2D eigenvalue weighted by molar-refractivity contribution is 0.608. The third kappa shape index (κ3) is 3.61. The van der Waals surface area contributed by atoms with Crippen LogP contribution in [-0.4, -0.2) is 11.5 Å². The summed E-state index contributed by atoms with van der Waals surface area (Å²) in [4.78, 5) is 4.58. The van der Waals surface area contributed by atoms with Crippen molar-refractivity contribution in [3.8, 4) is 10.6 Å². The molecule has 1 aromatic heterocycles. The van der Waals surface area contributed by atoms with E-state index in [1.165, 1.54) is 31.4 Å². The van der Waals surface area contributed by atoms with Gasteiger partial charge in [-0.1, -0.05) is 12.8 Å². The van der Waals surface area contributed by atoms with Crippen LogP contribution in [0.1, 0.15) is 25.0 Å². The van der Waals surface area contributed by atoms with Gasteiger partial charge in [0, 0.05) is 17.5 Å². The van der Waals surface area contributed by atoms with Crippen molar-refractivity contribution in [2.24, 2.45) is 5.92 Å². The molecule has 3 rings (SSSR count). The zero-order valence-corrected chi connectivity index (χ0v) is 11.5. The highest BCUT2D eigenvalue weighted by Crippen LogP contribution is 2.31. The second-order valence-electron chi connectivity index (χ2n) is 5.06. The average molecular weight is 276 g/mol. The van der Waals surface area contributed by atoms with Crippen LogP contribution in [0.2, 0.25) is 0 Å². The molecule has 0 radical (unpaired) electrons. The number of benzene rings is 1. The van der Waals surface area contributed by atoms with E-state index in [0.717, 1.165) is 35.3 Å². The molecule has 0 amide bonds. The van der Waals surface area contributed by atoms with Crippen LogP contribution in [0, 0.1) is 11.7 Å². The van der Waals surface area contributed by atoms with Crippen LogP contribution in [0.4, 0.5) is 4.39 Å². The molecule has 1 aliphatic carbocycles. The molecule has 0 unspecified atom stereocenters. The Bertz CT molecular complexity index is 531. The number of hydrogen-bond acceptors (Lipinski definition) is 3. The number of rotatable bonds is 6. The second kappa shape index (κ2) is 5.80. The molecule has 0 bridgehead atoms. The fraction of sp³-hybridized carbons (Fsp3) is 0.400. The Balaban J connectivity index is 1.54. The standard InChI is InChI=1S/C15H17FN2S/c16-13-5-3-12(4-6-13)15-18-14(10-19-15)9-17-8-7-11-1-2-11/h3-6,10-11,17H,1-2,7-9H2. The van der Waals surface area contributed by atoms with Gasteiger partial charge in [-0.05, 0) is 43.1 Å². The van der Waals surface area contributed by atoms with E-state index < -0.39 is 0 Å². The van der Waals surface area contributed by atoms with Crippen LogP contribution < -0.4 is 5.32 Å². The summed E-state index contributed by atoms with van der Waals surface area (Å²) in [7, 11) is 0. The minimum Gasteiger partial charge on any atom is -0.311 e. The molecule has 4 heteroatoms. The Hall–Kier alpha value is -1.26. The predicted molar refractivity (Wildman–Crippen MR) is 76.6 cm³/mol. The van der Waals surface area contributed by atoms with Crippen LogP contribution in [-0.2, 0) is 6.54 Å². The SMILES string of the molecule is Fc1ccc(-c2nc(CNCCC3CC3)cs2)cc1. The molecular weight excluding hydrogens is 259 g/mol. The third-order valence-corrected chi connectivity index (χ3v) is 4.32. The van der Waals surface area contributed by atoms with Crippen molar-refractivity contribution >= 4 is 11.3 Å². The van der Waals surface area contributed by atoms with E-state index in [0.29, 0.717) is 0 Å². The van der Waals surface area contributed by atoms with Gasteiger partial charge in [-0.3, -0.25) is 0 Å². The molecule has 1 N–H and O–H groups in total. The summed E-state index contributed by atoms with van der Waals surface area (Å²) >= 11 is 1.61. The topological polar surface area (TPSA) is 24.9 Å². The minimum atomic E-state index is -0.206. The smallest absolute Gasteiger partial charge is 0.123 e. The van der Waals surface area contributed by atoms with Gasteiger partial charge in [0.1, 0.15) is 10.8 Å². The lowest BCUT2D eigenvalue weighted by Crippen LogP contribution is -2.15. The summed E-state index contributed by atoms with van der Waals surface area (Å²) in [6.45, 7) is 1.90. The van der Waals surface area contributed by atoms with Crippen molar-refractivity contribution < 1.29 is 4.39 Å². The summed E-state index contributed by atoms with van der Waals surface area (Å²) in [5.41, 5.74) is 2.05. The first-order valence-electron chi connectivity index (χ1n) is 6.72. The highest BCUT2D eigenvalue weighted by Gasteiger charge is 2.19. The first-order chi connectivity index (χ1) is 9.31. The van der Waals surface area contributed by atoms with Gasteiger partial charge in [-0.15, -0.1) is 11.3 Å². The van der Waals surface area contributed by atoms with Gasteiger partial charge in [0.15, 0.2) is 0 Å². The molecule has 100 valence electrons. The molecule has 0 atom stereocenters. The fourth-order valence-electron chi connectivity index (χ4n) is 2.04. The number of aromatic nitrogens is 1. The molecule has 19 heavy (non-hydrogen) atoms. The van der Waals surface area contributed by atoms with Crippen molar-refractivity contribution in [2.45, 2.75) is 25.8 Å². The van der Waals surface area contributed by atoms with Crippen molar-refractivity contribution in [2.75, 3.05) is 6.54 Å². The molecule has 0 aliphatic heterocycles. The highest BCUT2D eigenvalue weighted by atomic mass is 32.1. The van der Waals surface area contributed by atoms with E-state index in [1.54, 1.807) is 23.5 Å². The van der Waals surface area contributed by atoms with E-state index in [9.17, 15) is 4.39 Å². The van der Waals surface area contributed by atoms with Gasteiger partial charge in [0.05, 0.1) is 5.69 Å². The maximum Gasteiger partial charge on any atom is 0.123 e. The van der Waals surface area contributed by atoms with Crippen molar-refractivity contribution in [1.29, 1.82) is 0 Å². The lowest BCUT2D eigenvalue weighted by Gasteiger charge is -2.01. The van der Waals surface area contributed by atoms with E-state index in [2.05, 4.69) is 15.7 Å². The molecule has 1 saturated carbocycles. The zero-order valence-electron chi connectivity index (χ0n) is 10.7. The fourth-order valence-corrected chi connectivity index (χ4v) is 2.87. The summed E-state index contributed by atoms with van der Waals surface area (Å²) in [5.74, 6) is 0.764. The lowest BCUT2D eigenvalue weighted by atomic mass is 10.2. The molecule has 1 aromatic carbocycles. The second-order valence-corrected chi connectivity index (χ2v) is 5.92. The Labute approximate surface area is 116 Å². The molecule has 2 aromatic rings.